The number of alkyl halides is 3. The summed E-state index contributed by atoms with van der Waals surface area (Å²) in [5.41, 5.74) is 4.73. The molecule has 2 aromatic heterocycles. The molecule has 2 heterocycles. The summed E-state index contributed by atoms with van der Waals surface area (Å²) in [6.45, 7) is 1.50. The standard InChI is InChI=1S/C17H12F3N3O/c1-9-14(13-4-2-3-7-22-13)15(17(18,19)20)11-8-10(16(21)24)5-6-12(11)23-9/h2-8H,1H3,(H2,21,24). The summed E-state index contributed by atoms with van der Waals surface area (Å²) in [7, 11) is 0. The SMILES string of the molecule is Cc1nc2ccc(C(N)=O)cc2c(C(F)(F)F)c1-c1ccccn1. The number of amides is 1. The number of benzene rings is 1. The molecule has 0 radical (unpaired) electrons. The van der Waals surface area contributed by atoms with E-state index in [0.29, 0.717) is 0 Å². The maximum absolute atomic E-state index is 13.8. The van der Waals surface area contributed by atoms with Gasteiger partial charge in [-0.2, -0.15) is 13.2 Å². The van der Waals surface area contributed by atoms with Crippen molar-refractivity contribution in [1.29, 1.82) is 0 Å². The number of fused-ring (bicyclic) bond motifs is 1. The van der Waals surface area contributed by atoms with Gasteiger partial charge in [0.25, 0.3) is 0 Å². The van der Waals surface area contributed by atoms with Gasteiger partial charge in [0.15, 0.2) is 0 Å². The monoisotopic (exact) mass is 331 g/mol. The molecule has 1 amide bonds. The molecule has 122 valence electrons. The third kappa shape index (κ3) is 2.68. The van der Waals surface area contributed by atoms with Crippen LogP contribution in [0.25, 0.3) is 22.2 Å². The van der Waals surface area contributed by atoms with E-state index in [4.69, 9.17) is 5.73 Å². The van der Waals surface area contributed by atoms with E-state index in [0.717, 1.165) is 6.07 Å². The molecule has 0 aliphatic heterocycles. The van der Waals surface area contributed by atoms with Crippen LogP contribution >= 0.6 is 0 Å². The number of primary amides is 1. The normalized spacial score (nSPS) is 11.7. The fraction of sp³-hybridized carbons (Fsp3) is 0.118. The topological polar surface area (TPSA) is 68.9 Å². The average molecular weight is 331 g/mol. The van der Waals surface area contributed by atoms with Crippen molar-refractivity contribution < 1.29 is 18.0 Å². The van der Waals surface area contributed by atoms with Crippen molar-refractivity contribution in [3.05, 3.63) is 59.4 Å². The largest absolute Gasteiger partial charge is 0.417 e. The molecule has 0 aliphatic carbocycles. The lowest BCUT2D eigenvalue weighted by Crippen LogP contribution is -2.14. The summed E-state index contributed by atoms with van der Waals surface area (Å²) in [5.74, 6) is -0.801. The number of hydrogen-bond acceptors (Lipinski definition) is 3. The second kappa shape index (κ2) is 5.59. The zero-order valence-electron chi connectivity index (χ0n) is 12.6. The van der Waals surface area contributed by atoms with Gasteiger partial charge >= 0.3 is 6.18 Å². The van der Waals surface area contributed by atoms with Crippen LogP contribution in [0.15, 0.2) is 42.6 Å². The second-order valence-corrected chi connectivity index (χ2v) is 5.26. The first-order valence-corrected chi connectivity index (χ1v) is 7.02. The first-order chi connectivity index (χ1) is 11.3. The van der Waals surface area contributed by atoms with Crippen LogP contribution in [-0.4, -0.2) is 15.9 Å². The fourth-order valence-corrected chi connectivity index (χ4v) is 2.66. The molecule has 0 unspecified atom stereocenters. The highest BCUT2D eigenvalue weighted by molar-refractivity contribution is 5.99. The van der Waals surface area contributed by atoms with Gasteiger partial charge in [0.2, 0.25) is 5.91 Å². The van der Waals surface area contributed by atoms with E-state index in [1.54, 1.807) is 12.1 Å². The summed E-state index contributed by atoms with van der Waals surface area (Å²) in [5, 5.41) is -0.176. The Hall–Kier alpha value is -2.96. The van der Waals surface area contributed by atoms with Gasteiger partial charge in [0, 0.05) is 28.4 Å². The van der Waals surface area contributed by atoms with Crippen LogP contribution in [0.3, 0.4) is 0 Å². The Labute approximate surface area is 135 Å². The second-order valence-electron chi connectivity index (χ2n) is 5.26. The Balaban J connectivity index is 2.47. The van der Waals surface area contributed by atoms with Crippen LogP contribution in [-0.2, 0) is 6.18 Å². The summed E-state index contributed by atoms with van der Waals surface area (Å²) >= 11 is 0. The predicted molar refractivity (Wildman–Crippen MR) is 83.2 cm³/mol. The quantitative estimate of drug-likeness (QED) is 0.778. The van der Waals surface area contributed by atoms with E-state index >= 15 is 0 Å². The van der Waals surface area contributed by atoms with Gasteiger partial charge in [-0.3, -0.25) is 14.8 Å². The maximum Gasteiger partial charge on any atom is 0.417 e. The molecule has 0 saturated heterocycles. The number of pyridine rings is 2. The summed E-state index contributed by atoms with van der Waals surface area (Å²) < 4.78 is 41.4. The van der Waals surface area contributed by atoms with E-state index < -0.39 is 17.6 Å². The van der Waals surface area contributed by atoms with E-state index in [9.17, 15) is 18.0 Å². The highest BCUT2D eigenvalue weighted by Crippen LogP contribution is 2.42. The zero-order valence-corrected chi connectivity index (χ0v) is 12.6. The van der Waals surface area contributed by atoms with Crippen molar-refractivity contribution >= 4 is 16.8 Å². The molecule has 3 aromatic rings. The molecular formula is C17H12F3N3O. The minimum atomic E-state index is -4.64. The van der Waals surface area contributed by atoms with E-state index in [-0.39, 0.29) is 33.4 Å². The third-order valence-corrected chi connectivity index (χ3v) is 3.65. The Kier molecular flexibility index (Phi) is 3.71. The third-order valence-electron chi connectivity index (χ3n) is 3.65. The molecule has 2 N–H and O–H groups in total. The van der Waals surface area contributed by atoms with Crippen molar-refractivity contribution in [2.24, 2.45) is 5.73 Å². The average Bonchev–Trinajstić information content (AvgIpc) is 2.52. The Morgan fingerprint density at radius 1 is 1.17 bits per heavy atom. The molecule has 1 aromatic carbocycles. The van der Waals surface area contributed by atoms with Crippen molar-refractivity contribution in [1.82, 2.24) is 9.97 Å². The number of rotatable bonds is 2. The molecule has 4 nitrogen and oxygen atoms in total. The van der Waals surface area contributed by atoms with E-state index in [1.165, 1.54) is 31.3 Å². The van der Waals surface area contributed by atoms with Gasteiger partial charge in [-0.25, -0.2) is 0 Å². The molecule has 0 atom stereocenters. The summed E-state index contributed by atoms with van der Waals surface area (Å²) in [6.07, 6.45) is -3.23. The highest BCUT2D eigenvalue weighted by atomic mass is 19.4. The van der Waals surface area contributed by atoms with Gasteiger partial charge in [-0.1, -0.05) is 6.07 Å². The zero-order chi connectivity index (χ0) is 17.5. The number of aromatic nitrogens is 2. The van der Waals surface area contributed by atoms with Crippen molar-refractivity contribution in [3.8, 4) is 11.3 Å². The van der Waals surface area contributed by atoms with Gasteiger partial charge < -0.3 is 5.73 Å². The molecule has 0 spiro atoms. The van der Waals surface area contributed by atoms with Crippen LogP contribution in [0.2, 0.25) is 0 Å². The summed E-state index contributed by atoms with van der Waals surface area (Å²) in [6, 6.07) is 8.55. The highest BCUT2D eigenvalue weighted by Gasteiger charge is 2.37. The fourth-order valence-electron chi connectivity index (χ4n) is 2.66. The summed E-state index contributed by atoms with van der Waals surface area (Å²) in [4.78, 5) is 19.6. The Morgan fingerprint density at radius 3 is 2.50 bits per heavy atom. The van der Waals surface area contributed by atoms with Crippen LogP contribution in [0.1, 0.15) is 21.6 Å². The van der Waals surface area contributed by atoms with Gasteiger partial charge in [0.1, 0.15) is 0 Å². The van der Waals surface area contributed by atoms with Crippen LogP contribution in [0, 0.1) is 6.92 Å². The predicted octanol–water partition coefficient (Wildman–Crippen LogP) is 3.72. The lowest BCUT2D eigenvalue weighted by Gasteiger charge is -2.17. The van der Waals surface area contributed by atoms with E-state index in [2.05, 4.69) is 9.97 Å². The molecule has 0 bridgehead atoms. The Bertz CT molecular complexity index is 937. The number of aryl methyl sites for hydroxylation is 1. The molecule has 0 fully saturated rings. The molecule has 0 aliphatic rings. The van der Waals surface area contributed by atoms with E-state index in [1.807, 2.05) is 0 Å². The molecule has 0 saturated carbocycles. The van der Waals surface area contributed by atoms with Crippen molar-refractivity contribution in [2.45, 2.75) is 13.1 Å². The first kappa shape index (κ1) is 15.9. The van der Waals surface area contributed by atoms with Crippen LogP contribution in [0.5, 0.6) is 0 Å². The Morgan fingerprint density at radius 2 is 1.92 bits per heavy atom. The minimum Gasteiger partial charge on any atom is -0.366 e. The number of carbonyl (C=O) groups excluding carboxylic acids is 1. The van der Waals surface area contributed by atoms with Crippen molar-refractivity contribution in [3.63, 3.8) is 0 Å². The molecule has 24 heavy (non-hydrogen) atoms. The van der Waals surface area contributed by atoms with Crippen molar-refractivity contribution in [2.75, 3.05) is 0 Å². The number of nitrogens with zero attached hydrogens (tertiary/aromatic N) is 2. The smallest absolute Gasteiger partial charge is 0.366 e. The molecule has 7 heteroatoms. The first-order valence-electron chi connectivity index (χ1n) is 7.02. The lowest BCUT2D eigenvalue weighted by molar-refractivity contribution is -0.135. The van der Waals surface area contributed by atoms with Gasteiger partial charge in [-0.05, 0) is 37.3 Å². The molecular weight excluding hydrogens is 319 g/mol. The number of nitrogens with two attached hydrogens (primary N) is 1. The maximum atomic E-state index is 13.8. The van der Waals surface area contributed by atoms with Gasteiger partial charge in [-0.15, -0.1) is 0 Å². The van der Waals surface area contributed by atoms with Crippen LogP contribution < -0.4 is 5.73 Å². The lowest BCUT2D eigenvalue weighted by atomic mass is 9.96. The van der Waals surface area contributed by atoms with Gasteiger partial charge in [0.05, 0.1) is 16.8 Å². The number of hydrogen-bond donors (Lipinski definition) is 1. The molecule has 3 rings (SSSR count). The number of halogens is 3. The van der Waals surface area contributed by atoms with Crippen LogP contribution in [0.4, 0.5) is 13.2 Å². The number of carbonyl (C=O) groups is 1. The minimum absolute atomic E-state index is 0.00868.